The Balaban J connectivity index is 2.05. The minimum Gasteiger partial charge on any atom is -0.490 e. The second-order valence-corrected chi connectivity index (χ2v) is 6.71. The molecular formula is C13H19NO3S. The molecular weight excluding hydrogens is 250 g/mol. The number of hydrogen-bond donors (Lipinski definition) is 1. The number of rotatable bonds is 5. The summed E-state index contributed by atoms with van der Waals surface area (Å²) >= 11 is 0. The predicted octanol–water partition coefficient (Wildman–Crippen LogP) is 1.74. The number of hydrogen-bond acceptors (Lipinski definition) is 4. The van der Waals surface area contributed by atoms with Crippen LogP contribution in [0.1, 0.15) is 25.7 Å². The lowest BCUT2D eigenvalue weighted by molar-refractivity contribution is 0.210. The highest BCUT2D eigenvalue weighted by Gasteiger charge is 2.17. The Morgan fingerprint density at radius 1 is 1.17 bits per heavy atom. The van der Waals surface area contributed by atoms with E-state index in [1.165, 1.54) is 12.8 Å². The van der Waals surface area contributed by atoms with Crippen molar-refractivity contribution in [2.24, 2.45) is 5.73 Å². The van der Waals surface area contributed by atoms with Crippen LogP contribution in [0.4, 0.5) is 0 Å². The smallest absolute Gasteiger partial charge is 0.179 e. The maximum Gasteiger partial charge on any atom is 0.179 e. The molecule has 1 fully saturated rings. The average molecular weight is 269 g/mol. The molecule has 1 aromatic carbocycles. The fourth-order valence-corrected chi connectivity index (χ4v) is 3.29. The quantitative estimate of drug-likeness (QED) is 0.884. The van der Waals surface area contributed by atoms with E-state index in [9.17, 15) is 8.42 Å². The van der Waals surface area contributed by atoms with Crippen LogP contribution in [0.2, 0.25) is 0 Å². The first-order chi connectivity index (χ1) is 8.62. The zero-order chi connectivity index (χ0) is 13.0. The predicted molar refractivity (Wildman–Crippen MR) is 70.4 cm³/mol. The van der Waals surface area contributed by atoms with E-state index in [-0.39, 0.29) is 18.4 Å². The first-order valence-electron chi connectivity index (χ1n) is 6.31. The van der Waals surface area contributed by atoms with Crippen LogP contribution in [0, 0.1) is 0 Å². The Bertz CT molecular complexity index is 475. The minimum atomic E-state index is -3.23. The molecule has 0 aliphatic heterocycles. The monoisotopic (exact) mass is 269 g/mol. The normalized spacial score (nSPS) is 16.9. The molecule has 100 valence electrons. The molecule has 2 rings (SSSR count). The molecule has 5 heteroatoms. The Hall–Kier alpha value is -1.07. The van der Waals surface area contributed by atoms with Crippen LogP contribution in [-0.4, -0.2) is 26.8 Å². The van der Waals surface area contributed by atoms with Crippen LogP contribution < -0.4 is 10.5 Å². The molecule has 1 aliphatic carbocycles. The Morgan fingerprint density at radius 3 is 2.33 bits per heavy atom. The van der Waals surface area contributed by atoms with Gasteiger partial charge in [0.25, 0.3) is 0 Å². The lowest BCUT2D eigenvalue weighted by Gasteiger charge is -2.13. The van der Waals surface area contributed by atoms with E-state index in [0.717, 1.165) is 18.6 Å². The second-order valence-electron chi connectivity index (χ2n) is 4.60. The Morgan fingerprint density at radius 2 is 1.78 bits per heavy atom. The minimum absolute atomic E-state index is 0.0180. The summed E-state index contributed by atoms with van der Waals surface area (Å²) in [6.45, 7) is 0.142. The van der Waals surface area contributed by atoms with Crippen LogP contribution >= 0.6 is 0 Å². The Labute approximate surface area is 108 Å². The van der Waals surface area contributed by atoms with Gasteiger partial charge in [0.2, 0.25) is 0 Å². The third kappa shape index (κ3) is 3.23. The molecule has 1 saturated carbocycles. The van der Waals surface area contributed by atoms with Crippen molar-refractivity contribution in [1.29, 1.82) is 0 Å². The van der Waals surface area contributed by atoms with E-state index in [0.29, 0.717) is 4.90 Å². The van der Waals surface area contributed by atoms with Gasteiger partial charge >= 0.3 is 0 Å². The number of sulfone groups is 1. The molecule has 1 aliphatic rings. The summed E-state index contributed by atoms with van der Waals surface area (Å²) in [4.78, 5) is 0.312. The summed E-state index contributed by atoms with van der Waals surface area (Å²) < 4.78 is 29.3. The summed E-state index contributed by atoms with van der Waals surface area (Å²) in [6.07, 6.45) is 4.90. The van der Waals surface area contributed by atoms with E-state index >= 15 is 0 Å². The molecule has 0 atom stereocenters. The van der Waals surface area contributed by atoms with Crippen LogP contribution in [0.15, 0.2) is 29.2 Å². The second kappa shape index (κ2) is 5.71. The topological polar surface area (TPSA) is 69.4 Å². The third-order valence-corrected chi connectivity index (χ3v) is 4.94. The molecule has 0 aromatic heterocycles. The van der Waals surface area contributed by atoms with Gasteiger partial charge in [-0.05, 0) is 49.9 Å². The van der Waals surface area contributed by atoms with Crippen LogP contribution in [0.5, 0.6) is 5.75 Å². The van der Waals surface area contributed by atoms with Crippen LogP contribution in [0.25, 0.3) is 0 Å². The highest BCUT2D eigenvalue weighted by molar-refractivity contribution is 7.91. The van der Waals surface area contributed by atoms with Gasteiger partial charge in [0, 0.05) is 6.54 Å². The van der Waals surface area contributed by atoms with Crippen molar-refractivity contribution in [3.63, 3.8) is 0 Å². The summed E-state index contributed by atoms with van der Waals surface area (Å²) in [7, 11) is -3.23. The van der Waals surface area contributed by atoms with Gasteiger partial charge in [-0.2, -0.15) is 0 Å². The van der Waals surface area contributed by atoms with Crippen molar-refractivity contribution < 1.29 is 13.2 Å². The molecule has 0 spiro atoms. The number of benzene rings is 1. The lowest BCUT2D eigenvalue weighted by atomic mass is 10.3. The van der Waals surface area contributed by atoms with Gasteiger partial charge < -0.3 is 10.5 Å². The summed E-state index contributed by atoms with van der Waals surface area (Å²) in [5.74, 6) is 0.726. The maximum absolute atomic E-state index is 11.8. The van der Waals surface area contributed by atoms with Crippen LogP contribution in [-0.2, 0) is 9.84 Å². The summed E-state index contributed by atoms with van der Waals surface area (Å²) in [5, 5.41) is 0. The van der Waals surface area contributed by atoms with E-state index in [4.69, 9.17) is 10.5 Å². The van der Waals surface area contributed by atoms with Crippen molar-refractivity contribution in [1.82, 2.24) is 0 Å². The Kier molecular flexibility index (Phi) is 4.24. The van der Waals surface area contributed by atoms with Crippen LogP contribution in [0.3, 0.4) is 0 Å². The van der Waals surface area contributed by atoms with Gasteiger partial charge in [0.05, 0.1) is 16.8 Å². The van der Waals surface area contributed by atoms with E-state index in [1.54, 1.807) is 24.3 Å². The molecule has 0 unspecified atom stereocenters. The zero-order valence-electron chi connectivity index (χ0n) is 10.3. The molecule has 18 heavy (non-hydrogen) atoms. The zero-order valence-corrected chi connectivity index (χ0v) is 11.2. The fourth-order valence-electron chi connectivity index (χ4n) is 2.20. The number of nitrogens with two attached hydrogens (primary N) is 1. The molecule has 0 saturated heterocycles. The lowest BCUT2D eigenvalue weighted by Crippen LogP contribution is -2.16. The first kappa shape index (κ1) is 13.4. The average Bonchev–Trinajstić information content (AvgIpc) is 2.82. The molecule has 0 bridgehead atoms. The SMILES string of the molecule is NCCS(=O)(=O)c1ccc(OC2CCCC2)cc1. The van der Waals surface area contributed by atoms with E-state index in [2.05, 4.69) is 0 Å². The molecule has 0 amide bonds. The molecule has 0 heterocycles. The van der Waals surface area contributed by atoms with Gasteiger partial charge in [0.1, 0.15) is 5.75 Å². The summed E-state index contributed by atoms with van der Waals surface area (Å²) in [5.41, 5.74) is 5.29. The summed E-state index contributed by atoms with van der Waals surface area (Å²) in [6, 6.07) is 6.63. The van der Waals surface area contributed by atoms with Gasteiger partial charge in [-0.1, -0.05) is 0 Å². The van der Waals surface area contributed by atoms with Crippen molar-refractivity contribution in [2.45, 2.75) is 36.7 Å². The van der Waals surface area contributed by atoms with Crippen molar-refractivity contribution in [3.8, 4) is 5.75 Å². The third-order valence-electron chi connectivity index (χ3n) is 3.17. The van der Waals surface area contributed by atoms with Gasteiger partial charge in [-0.25, -0.2) is 8.42 Å². The van der Waals surface area contributed by atoms with Gasteiger partial charge in [-0.3, -0.25) is 0 Å². The molecule has 4 nitrogen and oxygen atoms in total. The highest BCUT2D eigenvalue weighted by Crippen LogP contribution is 2.25. The van der Waals surface area contributed by atoms with E-state index in [1.807, 2.05) is 0 Å². The number of ether oxygens (including phenoxy) is 1. The fraction of sp³-hybridized carbons (Fsp3) is 0.538. The standard InChI is InChI=1S/C13H19NO3S/c14-9-10-18(15,16)13-7-5-12(6-8-13)17-11-3-1-2-4-11/h5-8,11H,1-4,9-10,14H2. The maximum atomic E-state index is 11.8. The van der Waals surface area contributed by atoms with E-state index < -0.39 is 9.84 Å². The van der Waals surface area contributed by atoms with Crippen molar-refractivity contribution in [3.05, 3.63) is 24.3 Å². The van der Waals surface area contributed by atoms with Crippen molar-refractivity contribution in [2.75, 3.05) is 12.3 Å². The molecule has 2 N–H and O–H groups in total. The highest BCUT2D eigenvalue weighted by atomic mass is 32.2. The molecule has 0 radical (unpaired) electrons. The first-order valence-corrected chi connectivity index (χ1v) is 7.96. The van der Waals surface area contributed by atoms with Gasteiger partial charge in [0.15, 0.2) is 9.84 Å². The molecule has 1 aromatic rings. The largest absolute Gasteiger partial charge is 0.490 e. The van der Waals surface area contributed by atoms with Crippen molar-refractivity contribution >= 4 is 9.84 Å². The van der Waals surface area contributed by atoms with Gasteiger partial charge in [-0.15, -0.1) is 0 Å².